The van der Waals surface area contributed by atoms with E-state index in [9.17, 15) is 18.3 Å². The summed E-state index contributed by atoms with van der Waals surface area (Å²) in [5.41, 5.74) is -0.906. The second kappa shape index (κ2) is 3.91. The van der Waals surface area contributed by atoms with Gasteiger partial charge in [-0.3, -0.25) is 13.9 Å². The molecule has 1 heterocycles. The number of hydrogen-bond acceptors (Lipinski definition) is 4. The highest BCUT2D eigenvalue weighted by molar-refractivity contribution is 7.85. The van der Waals surface area contributed by atoms with E-state index in [0.29, 0.717) is 0 Å². The molecule has 1 rings (SSSR count). The predicted molar refractivity (Wildman–Crippen MR) is 57.3 cm³/mol. The Hall–Kier alpha value is -1.34. The van der Waals surface area contributed by atoms with E-state index in [1.54, 1.807) is 13.8 Å². The molecular formula is C9H13NO5S. The molecule has 0 atom stereocenters. The summed E-state index contributed by atoms with van der Waals surface area (Å²) in [6.45, 7) is 4.56. The predicted octanol–water partition coefficient (Wildman–Crippen LogP) is 0.690. The normalized spacial score (nSPS) is 12.1. The van der Waals surface area contributed by atoms with Crippen LogP contribution in [0.5, 0.6) is 5.88 Å². The van der Waals surface area contributed by atoms with E-state index in [4.69, 9.17) is 4.55 Å². The van der Waals surface area contributed by atoms with Gasteiger partial charge in [0.2, 0.25) is 0 Å². The van der Waals surface area contributed by atoms with Crippen molar-refractivity contribution < 1.29 is 18.1 Å². The maximum atomic E-state index is 11.8. The van der Waals surface area contributed by atoms with Gasteiger partial charge < -0.3 is 5.11 Å². The first-order valence-electron chi connectivity index (χ1n) is 4.59. The highest BCUT2D eigenvalue weighted by Gasteiger charge is 2.22. The van der Waals surface area contributed by atoms with Gasteiger partial charge in [-0.2, -0.15) is 8.42 Å². The van der Waals surface area contributed by atoms with E-state index in [1.807, 2.05) is 0 Å². The summed E-state index contributed by atoms with van der Waals surface area (Å²) in [4.78, 5) is 11.1. The molecule has 0 aromatic carbocycles. The minimum absolute atomic E-state index is 0.0156. The molecule has 0 aliphatic heterocycles. The SMILES string of the molecule is Cc1cc(O)n(C(C)C)c(=O)c1S(=O)(=O)O. The zero-order valence-electron chi connectivity index (χ0n) is 9.13. The van der Waals surface area contributed by atoms with Crippen molar-refractivity contribution in [3.05, 3.63) is 22.0 Å². The molecule has 16 heavy (non-hydrogen) atoms. The zero-order chi connectivity index (χ0) is 12.7. The van der Waals surface area contributed by atoms with Crippen molar-refractivity contribution in [2.45, 2.75) is 31.7 Å². The van der Waals surface area contributed by atoms with Crippen LogP contribution in [0.3, 0.4) is 0 Å². The summed E-state index contributed by atoms with van der Waals surface area (Å²) in [7, 11) is -4.58. The molecule has 0 fully saturated rings. The maximum absolute atomic E-state index is 11.8. The molecule has 0 saturated heterocycles. The highest BCUT2D eigenvalue weighted by Crippen LogP contribution is 2.19. The fraction of sp³-hybridized carbons (Fsp3) is 0.444. The van der Waals surface area contributed by atoms with E-state index in [-0.39, 0.29) is 11.4 Å². The van der Waals surface area contributed by atoms with Crippen molar-refractivity contribution in [1.82, 2.24) is 4.57 Å². The standard InChI is InChI=1S/C9H13NO5S/c1-5(2)10-7(11)4-6(3)8(9(10)12)16(13,14)15/h4-5,11H,1-3H3,(H,13,14,15). The third-order valence-corrected chi connectivity index (χ3v) is 3.15. The lowest BCUT2D eigenvalue weighted by Gasteiger charge is -2.14. The van der Waals surface area contributed by atoms with Gasteiger partial charge in [-0.05, 0) is 26.3 Å². The van der Waals surface area contributed by atoms with E-state index in [0.717, 1.165) is 10.6 Å². The number of aromatic nitrogens is 1. The third-order valence-electron chi connectivity index (χ3n) is 2.14. The average molecular weight is 247 g/mol. The number of aromatic hydroxyl groups is 1. The van der Waals surface area contributed by atoms with E-state index in [1.165, 1.54) is 6.92 Å². The number of rotatable bonds is 2. The summed E-state index contributed by atoms with van der Waals surface area (Å²) >= 11 is 0. The Bertz CT molecular complexity index is 570. The summed E-state index contributed by atoms with van der Waals surface area (Å²) in [5, 5.41) is 9.52. The van der Waals surface area contributed by atoms with Crippen LogP contribution in [-0.2, 0) is 10.1 Å². The number of pyridine rings is 1. The highest BCUT2D eigenvalue weighted by atomic mass is 32.2. The van der Waals surface area contributed by atoms with Crippen molar-refractivity contribution in [2.24, 2.45) is 0 Å². The van der Waals surface area contributed by atoms with Crippen LogP contribution in [0.4, 0.5) is 0 Å². The second-order valence-corrected chi connectivity index (χ2v) is 5.12. The topological polar surface area (TPSA) is 96.6 Å². The molecule has 7 heteroatoms. The van der Waals surface area contributed by atoms with Gasteiger partial charge in [0.25, 0.3) is 15.7 Å². The lowest BCUT2D eigenvalue weighted by Crippen LogP contribution is -2.28. The molecule has 90 valence electrons. The number of aryl methyl sites for hydroxylation is 1. The van der Waals surface area contributed by atoms with Crippen LogP contribution in [0.25, 0.3) is 0 Å². The molecule has 0 aliphatic rings. The van der Waals surface area contributed by atoms with Crippen molar-refractivity contribution in [1.29, 1.82) is 0 Å². The molecule has 0 radical (unpaired) electrons. The molecule has 0 spiro atoms. The summed E-state index contributed by atoms with van der Waals surface area (Å²) in [6, 6.07) is 0.721. The Kier molecular flexibility index (Phi) is 3.11. The van der Waals surface area contributed by atoms with Crippen LogP contribution in [-0.4, -0.2) is 22.6 Å². The van der Waals surface area contributed by atoms with Gasteiger partial charge in [0.15, 0.2) is 10.8 Å². The minimum Gasteiger partial charge on any atom is -0.494 e. The van der Waals surface area contributed by atoms with Gasteiger partial charge in [-0.25, -0.2) is 0 Å². The first-order valence-corrected chi connectivity index (χ1v) is 6.03. The van der Waals surface area contributed by atoms with E-state index < -0.39 is 26.6 Å². The van der Waals surface area contributed by atoms with Gasteiger partial charge in [0.05, 0.1) is 0 Å². The molecule has 0 bridgehead atoms. The van der Waals surface area contributed by atoms with Gasteiger partial charge in [-0.15, -0.1) is 0 Å². The Morgan fingerprint density at radius 2 is 1.88 bits per heavy atom. The number of nitrogens with zero attached hydrogens (tertiary/aromatic N) is 1. The Morgan fingerprint density at radius 3 is 2.25 bits per heavy atom. The Labute approximate surface area is 92.9 Å². The third kappa shape index (κ3) is 2.10. The van der Waals surface area contributed by atoms with Crippen molar-refractivity contribution in [3.63, 3.8) is 0 Å². The van der Waals surface area contributed by atoms with Crippen molar-refractivity contribution >= 4 is 10.1 Å². The minimum atomic E-state index is -4.58. The van der Waals surface area contributed by atoms with Crippen LogP contribution in [0.15, 0.2) is 15.8 Å². The summed E-state index contributed by atoms with van der Waals surface area (Å²) in [6.07, 6.45) is 0. The summed E-state index contributed by atoms with van der Waals surface area (Å²) < 4.78 is 31.9. The van der Waals surface area contributed by atoms with Gasteiger partial charge in [0, 0.05) is 12.1 Å². The summed E-state index contributed by atoms with van der Waals surface area (Å²) in [5.74, 6) is -0.329. The van der Waals surface area contributed by atoms with Crippen LogP contribution in [0.1, 0.15) is 25.5 Å². The largest absolute Gasteiger partial charge is 0.494 e. The maximum Gasteiger partial charge on any atom is 0.300 e. The van der Waals surface area contributed by atoms with Crippen LogP contribution < -0.4 is 5.56 Å². The average Bonchev–Trinajstić information content (AvgIpc) is 1.97. The van der Waals surface area contributed by atoms with Crippen LogP contribution in [0, 0.1) is 6.92 Å². The molecule has 0 unspecified atom stereocenters. The van der Waals surface area contributed by atoms with E-state index >= 15 is 0 Å². The fourth-order valence-corrected chi connectivity index (χ4v) is 2.31. The van der Waals surface area contributed by atoms with Gasteiger partial charge >= 0.3 is 0 Å². The molecule has 6 nitrogen and oxygen atoms in total. The number of hydrogen-bond donors (Lipinski definition) is 2. The molecule has 0 amide bonds. The first kappa shape index (κ1) is 12.7. The first-order chi connectivity index (χ1) is 7.16. The molecule has 0 saturated carbocycles. The van der Waals surface area contributed by atoms with Crippen molar-refractivity contribution in [2.75, 3.05) is 0 Å². The van der Waals surface area contributed by atoms with Gasteiger partial charge in [-0.1, -0.05) is 0 Å². The van der Waals surface area contributed by atoms with Crippen LogP contribution in [0.2, 0.25) is 0 Å². The van der Waals surface area contributed by atoms with Crippen molar-refractivity contribution in [3.8, 4) is 5.88 Å². The molecule has 1 aromatic rings. The molecular weight excluding hydrogens is 234 g/mol. The Morgan fingerprint density at radius 1 is 1.38 bits per heavy atom. The molecule has 1 aromatic heterocycles. The smallest absolute Gasteiger partial charge is 0.300 e. The molecule has 2 N–H and O–H groups in total. The lowest BCUT2D eigenvalue weighted by molar-refractivity contribution is 0.382. The fourth-order valence-electron chi connectivity index (χ4n) is 1.52. The lowest BCUT2D eigenvalue weighted by atomic mass is 10.2. The van der Waals surface area contributed by atoms with Crippen LogP contribution >= 0.6 is 0 Å². The van der Waals surface area contributed by atoms with Gasteiger partial charge in [0.1, 0.15) is 0 Å². The van der Waals surface area contributed by atoms with E-state index in [2.05, 4.69) is 0 Å². The second-order valence-electron chi connectivity index (χ2n) is 3.76. The molecule has 0 aliphatic carbocycles. The Balaban J connectivity index is 3.80. The zero-order valence-corrected chi connectivity index (χ0v) is 9.95. The quantitative estimate of drug-likeness (QED) is 0.749. The monoisotopic (exact) mass is 247 g/mol.